The summed E-state index contributed by atoms with van der Waals surface area (Å²) in [7, 11) is 3.43. The first-order valence-corrected chi connectivity index (χ1v) is 8.15. The number of hydrogen-bond donors (Lipinski definition) is 2. The molecule has 1 aromatic heterocycles. The number of amides is 2. The molecular weight excluding hydrogens is 320 g/mol. The molecule has 1 heterocycles. The Morgan fingerprint density at radius 1 is 1.32 bits per heavy atom. The molecule has 25 heavy (non-hydrogen) atoms. The number of ether oxygens (including phenoxy) is 1. The van der Waals surface area contributed by atoms with Gasteiger partial charge in [-0.3, -0.25) is 14.3 Å². The van der Waals surface area contributed by atoms with Crippen molar-refractivity contribution in [1.29, 1.82) is 0 Å². The fourth-order valence-corrected chi connectivity index (χ4v) is 2.45. The number of hydrogen-bond acceptors (Lipinski definition) is 4. The molecule has 0 fully saturated rings. The lowest BCUT2D eigenvalue weighted by Crippen LogP contribution is -2.27. The quantitative estimate of drug-likeness (QED) is 0.714. The van der Waals surface area contributed by atoms with Crippen LogP contribution in [0.5, 0.6) is 0 Å². The van der Waals surface area contributed by atoms with E-state index in [1.54, 1.807) is 36.2 Å². The molecule has 2 rings (SSSR count). The molecule has 7 heteroatoms. The Balaban J connectivity index is 1.95. The first kappa shape index (κ1) is 18.7. The van der Waals surface area contributed by atoms with E-state index in [2.05, 4.69) is 15.7 Å². The van der Waals surface area contributed by atoms with Crippen LogP contribution in [0.1, 0.15) is 27.9 Å². The highest BCUT2D eigenvalue weighted by Gasteiger charge is 2.13. The van der Waals surface area contributed by atoms with Crippen molar-refractivity contribution in [2.45, 2.75) is 19.8 Å². The van der Waals surface area contributed by atoms with E-state index >= 15 is 0 Å². The predicted molar refractivity (Wildman–Crippen MR) is 95.5 cm³/mol. The third-order valence-corrected chi connectivity index (χ3v) is 3.84. The number of aryl methyl sites for hydroxylation is 2. The van der Waals surface area contributed by atoms with E-state index in [0.717, 1.165) is 11.1 Å². The van der Waals surface area contributed by atoms with Gasteiger partial charge in [-0.15, -0.1) is 0 Å². The van der Waals surface area contributed by atoms with Gasteiger partial charge in [0.15, 0.2) is 0 Å². The van der Waals surface area contributed by atoms with Crippen molar-refractivity contribution in [2.24, 2.45) is 7.05 Å². The van der Waals surface area contributed by atoms with Crippen LogP contribution in [0.3, 0.4) is 0 Å². The molecule has 0 saturated carbocycles. The van der Waals surface area contributed by atoms with Crippen molar-refractivity contribution >= 4 is 17.5 Å². The second kappa shape index (κ2) is 8.98. The number of nitrogens with zero attached hydrogens (tertiary/aromatic N) is 2. The van der Waals surface area contributed by atoms with Gasteiger partial charge in [-0.25, -0.2) is 0 Å². The average Bonchev–Trinajstić information content (AvgIpc) is 3.00. The average molecular weight is 344 g/mol. The standard InChI is InChI=1S/C18H24N4O3/c1-13-15(18(24)19-9-10-25-3)5-4-6-16(13)21-17(23)8-7-14-11-20-22(2)12-14/h4-6,11-12H,7-10H2,1-3H3,(H,19,24)(H,21,23). The minimum absolute atomic E-state index is 0.0936. The fourth-order valence-electron chi connectivity index (χ4n) is 2.45. The van der Waals surface area contributed by atoms with Crippen molar-refractivity contribution in [3.8, 4) is 0 Å². The SMILES string of the molecule is COCCNC(=O)c1cccc(NC(=O)CCc2cnn(C)c2)c1C. The molecule has 0 aliphatic rings. The summed E-state index contributed by atoms with van der Waals surface area (Å²) in [6, 6.07) is 5.29. The first-order valence-electron chi connectivity index (χ1n) is 8.15. The Morgan fingerprint density at radius 3 is 2.80 bits per heavy atom. The van der Waals surface area contributed by atoms with E-state index in [9.17, 15) is 9.59 Å². The second-order valence-corrected chi connectivity index (χ2v) is 5.80. The van der Waals surface area contributed by atoms with Crippen LogP contribution in [0, 0.1) is 6.92 Å². The zero-order valence-electron chi connectivity index (χ0n) is 14.8. The molecule has 0 bridgehead atoms. The molecule has 0 spiro atoms. The number of carbonyl (C=O) groups excluding carboxylic acids is 2. The van der Waals surface area contributed by atoms with Gasteiger partial charge in [0, 0.05) is 44.6 Å². The molecule has 0 aliphatic carbocycles. The third kappa shape index (κ3) is 5.42. The number of benzene rings is 1. The van der Waals surface area contributed by atoms with Crippen LogP contribution in [0.4, 0.5) is 5.69 Å². The summed E-state index contributed by atoms with van der Waals surface area (Å²) in [4.78, 5) is 24.4. The zero-order chi connectivity index (χ0) is 18.2. The van der Waals surface area contributed by atoms with Crippen LogP contribution in [-0.2, 0) is 23.0 Å². The van der Waals surface area contributed by atoms with Gasteiger partial charge in [0.25, 0.3) is 5.91 Å². The summed E-state index contributed by atoms with van der Waals surface area (Å²) in [5.74, 6) is -0.273. The largest absolute Gasteiger partial charge is 0.383 e. The van der Waals surface area contributed by atoms with Gasteiger partial charge in [-0.1, -0.05) is 6.07 Å². The van der Waals surface area contributed by atoms with Gasteiger partial charge < -0.3 is 15.4 Å². The third-order valence-electron chi connectivity index (χ3n) is 3.84. The minimum atomic E-state index is -0.180. The van der Waals surface area contributed by atoms with E-state index in [-0.39, 0.29) is 11.8 Å². The van der Waals surface area contributed by atoms with Gasteiger partial charge in [0.1, 0.15) is 0 Å². The van der Waals surface area contributed by atoms with Gasteiger partial charge in [0.05, 0.1) is 12.8 Å². The van der Waals surface area contributed by atoms with Gasteiger partial charge >= 0.3 is 0 Å². The first-order chi connectivity index (χ1) is 12.0. The molecule has 7 nitrogen and oxygen atoms in total. The zero-order valence-corrected chi connectivity index (χ0v) is 14.8. The topological polar surface area (TPSA) is 85.2 Å². The van der Waals surface area contributed by atoms with Crippen molar-refractivity contribution < 1.29 is 14.3 Å². The van der Waals surface area contributed by atoms with E-state index in [0.29, 0.717) is 37.2 Å². The maximum Gasteiger partial charge on any atom is 0.251 e. The Bertz CT molecular complexity index is 740. The van der Waals surface area contributed by atoms with Crippen molar-refractivity contribution in [2.75, 3.05) is 25.6 Å². The summed E-state index contributed by atoms with van der Waals surface area (Å²) in [6.45, 7) is 2.72. The van der Waals surface area contributed by atoms with Crippen LogP contribution >= 0.6 is 0 Å². The van der Waals surface area contributed by atoms with Crippen LogP contribution in [0.2, 0.25) is 0 Å². The molecule has 1 aromatic carbocycles. The van der Waals surface area contributed by atoms with Crippen LogP contribution in [0.15, 0.2) is 30.6 Å². The number of aromatic nitrogens is 2. The second-order valence-electron chi connectivity index (χ2n) is 5.80. The molecule has 2 aromatic rings. The fraction of sp³-hybridized carbons (Fsp3) is 0.389. The lowest BCUT2D eigenvalue weighted by Gasteiger charge is -2.12. The Hall–Kier alpha value is -2.67. The predicted octanol–water partition coefficient (Wildman–Crippen LogP) is 1.68. The minimum Gasteiger partial charge on any atom is -0.383 e. The molecule has 134 valence electrons. The van der Waals surface area contributed by atoms with Crippen molar-refractivity contribution in [1.82, 2.24) is 15.1 Å². The lowest BCUT2D eigenvalue weighted by molar-refractivity contribution is -0.116. The molecule has 0 atom stereocenters. The molecule has 0 aliphatic heterocycles. The molecule has 0 radical (unpaired) electrons. The van der Waals surface area contributed by atoms with Crippen LogP contribution < -0.4 is 10.6 Å². The summed E-state index contributed by atoms with van der Waals surface area (Å²) < 4.78 is 6.63. The van der Waals surface area contributed by atoms with E-state index in [1.165, 1.54) is 0 Å². The number of anilines is 1. The summed E-state index contributed by atoms with van der Waals surface area (Å²) in [5.41, 5.74) is 2.95. The van der Waals surface area contributed by atoms with E-state index in [4.69, 9.17) is 4.74 Å². The summed E-state index contributed by atoms with van der Waals surface area (Å²) in [6.07, 6.45) is 4.62. The number of nitrogens with one attached hydrogen (secondary N) is 2. The van der Waals surface area contributed by atoms with E-state index < -0.39 is 0 Å². The maximum atomic E-state index is 12.2. The Kier molecular flexibility index (Phi) is 6.71. The van der Waals surface area contributed by atoms with Crippen molar-refractivity contribution in [3.63, 3.8) is 0 Å². The monoisotopic (exact) mass is 344 g/mol. The summed E-state index contributed by atoms with van der Waals surface area (Å²) in [5, 5.41) is 9.75. The molecule has 2 N–H and O–H groups in total. The van der Waals surface area contributed by atoms with Crippen LogP contribution in [-0.4, -0.2) is 41.9 Å². The highest BCUT2D eigenvalue weighted by Crippen LogP contribution is 2.19. The maximum absolute atomic E-state index is 12.2. The van der Waals surface area contributed by atoms with Gasteiger partial charge in [-0.2, -0.15) is 5.10 Å². The number of methoxy groups -OCH3 is 1. The number of carbonyl (C=O) groups is 2. The molecule has 0 saturated heterocycles. The lowest BCUT2D eigenvalue weighted by atomic mass is 10.1. The van der Waals surface area contributed by atoms with Gasteiger partial charge in [0.2, 0.25) is 5.91 Å². The van der Waals surface area contributed by atoms with Gasteiger partial charge in [-0.05, 0) is 36.6 Å². The highest BCUT2D eigenvalue weighted by atomic mass is 16.5. The van der Waals surface area contributed by atoms with E-state index in [1.807, 2.05) is 20.2 Å². The van der Waals surface area contributed by atoms with Crippen molar-refractivity contribution in [3.05, 3.63) is 47.3 Å². The Morgan fingerprint density at radius 2 is 2.12 bits per heavy atom. The number of rotatable bonds is 8. The smallest absolute Gasteiger partial charge is 0.251 e. The Labute approximate surface area is 147 Å². The summed E-state index contributed by atoms with van der Waals surface area (Å²) >= 11 is 0. The molecule has 2 amide bonds. The molecular formula is C18H24N4O3. The molecule has 0 unspecified atom stereocenters. The highest BCUT2D eigenvalue weighted by molar-refractivity contribution is 5.99. The normalized spacial score (nSPS) is 10.5. The van der Waals surface area contributed by atoms with Crippen LogP contribution in [0.25, 0.3) is 0 Å².